The molecule has 1 saturated heterocycles. The lowest BCUT2D eigenvalue weighted by Gasteiger charge is -2.23. The van der Waals surface area contributed by atoms with Crippen LogP contribution < -0.4 is 5.32 Å². The average Bonchev–Trinajstić information content (AvgIpc) is 2.35. The first kappa shape index (κ1) is 14.3. The number of hydrogen-bond acceptors (Lipinski definition) is 3. The Morgan fingerprint density at radius 1 is 1.12 bits per heavy atom. The van der Waals surface area contributed by atoms with Crippen molar-refractivity contribution in [2.75, 3.05) is 37.7 Å². The largest absolute Gasteiger partial charge is 0.314 e. The highest BCUT2D eigenvalue weighted by molar-refractivity contribution is 7.99. The fourth-order valence-corrected chi connectivity index (χ4v) is 3.31. The first-order valence-corrected chi connectivity index (χ1v) is 8.05. The zero-order valence-electron chi connectivity index (χ0n) is 11.0. The van der Waals surface area contributed by atoms with Crippen molar-refractivity contribution in [3.63, 3.8) is 0 Å². The number of nitrogens with one attached hydrogen (secondary N) is 1. The van der Waals surface area contributed by atoms with Crippen molar-refractivity contribution in [3.05, 3.63) is 0 Å². The zero-order valence-corrected chi connectivity index (χ0v) is 11.8. The maximum absolute atomic E-state index is 3.70. The summed E-state index contributed by atoms with van der Waals surface area (Å²) in [6.07, 6.45) is 5.43. The van der Waals surface area contributed by atoms with E-state index < -0.39 is 0 Å². The maximum Gasteiger partial charge on any atom is 0.00827 e. The molecule has 0 saturated carbocycles. The summed E-state index contributed by atoms with van der Waals surface area (Å²) in [5.74, 6) is 2.72. The van der Waals surface area contributed by atoms with E-state index in [1.54, 1.807) is 0 Å². The summed E-state index contributed by atoms with van der Waals surface area (Å²) in [5, 5.41) is 3.70. The van der Waals surface area contributed by atoms with E-state index in [1.165, 1.54) is 63.4 Å². The Morgan fingerprint density at radius 3 is 2.44 bits per heavy atom. The molecule has 96 valence electrons. The fraction of sp³-hybridized carbons (Fsp3) is 1.00. The van der Waals surface area contributed by atoms with Gasteiger partial charge in [0.15, 0.2) is 0 Å². The van der Waals surface area contributed by atoms with Crippen molar-refractivity contribution >= 4 is 11.8 Å². The van der Waals surface area contributed by atoms with Crippen molar-refractivity contribution in [1.82, 2.24) is 10.2 Å². The molecule has 0 atom stereocenters. The maximum atomic E-state index is 3.70. The van der Waals surface area contributed by atoms with Crippen molar-refractivity contribution in [1.29, 1.82) is 0 Å². The van der Waals surface area contributed by atoms with E-state index in [0.29, 0.717) is 0 Å². The minimum atomic E-state index is 0.815. The molecule has 0 aromatic carbocycles. The second kappa shape index (κ2) is 9.32. The molecule has 0 unspecified atom stereocenters. The van der Waals surface area contributed by atoms with Gasteiger partial charge in [-0.25, -0.2) is 0 Å². The number of hydrogen-bond donors (Lipinski definition) is 1. The summed E-state index contributed by atoms with van der Waals surface area (Å²) >= 11 is 2.11. The first-order chi connectivity index (χ1) is 7.86. The van der Waals surface area contributed by atoms with Crippen LogP contribution in [0, 0.1) is 0 Å². The normalized spacial score (nSPS) is 18.2. The van der Waals surface area contributed by atoms with Crippen LogP contribution in [0.3, 0.4) is 0 Å². The van der Waals surface area contributed by atoms with Gasteiger partial charge in [-0.2, -0.15) is 11.8 Å². The van der Waals surface area contributed by atoms with E-state index in [-0.39, 0.29) is 0 Å². The van der Waals surface area contributed by atoms with Crippen LogP contribution in [-0.2, 0) is 0 Å². The molecule has 0 aromatic heterocycles. The molecule has 1 heterocycles. The van der Waals surface area contributed by atoms with Gasteiger partial charge in [-0.15, -0.1) is 0 Å². The fourth-order valence-electron chi connectivity index (χ4n) is 2.21. The van der Waals surface area contributed by atoms with Crippen LogP contribution in [0.2, 0.25) is 0 Å². The molecule has 1 aliphatic rings. The van der Waals surface area contributed by atoms with E-state index in [0.717, 1.165) is 6.04 Å². The molecule has 1 aliphatic heterocycles. The van der Waals surface area contributed by atoms with E-state index in [9.17, 15) is 0 Å². The quantitative estimate of drug-likeness (QED) is 0.661. The topological polar surface area (TPSA) is 15.3 Å². The summed E-state index contributed by atoms with van der Waals surface area (Å²) in [6.45, 7) is 9.39. The number of thioether (sulfide) groups is 1. The van der Waals surface area contributed by atoms with Gasteiger partial charge in [0.05, 0.1) is 0 Å². The smallest absolute Gasteiger partial charge is 0.00827 e. The third-order valence-electron chi connectivity index (χ3n) is 3.45. The minimum Gasteiger partial charge on any atom is -0.314 e. The van der Waals surface area contributed by atoms with E-state index >= 15 is 0 Å². The van der Waals surface area contributed by atoms with Gasteiger partial charge in [0.1, 0.15) is 0 Å². The lowest BCUT2D eigenvalue weighted by Crippen LogP contribution is -2.33. The summed E-state index contributed by atoms with van der Waals surface area (Å²) in [7, 11) is 0. The molecule has 1 rings (SSSR count). The second-order valence-electron chi connectivity index (χ2n) is 4.57. The Kier molecular flexibility index (Phi) is 8.34. The Labute approximate surface area is 106 Å². The molecule has 2 nitrogen and oxygen atoms in total. The highest BCUT2D eigenvalue weighted by atomic mass is 32.2. The molecule has 16 heavy (non-hydrogen) atoms. The van der Waals surface area contributed by atoms with Gasteiger partial charge in [0.2, 0.25) is 0 Å². The van der Waals surface area contributed by atoms with Gasteiger partial charge in [-0.1, -0.05) is 13.8 Å². The zero-order chi connectivity index (χ0) is 11.6. The van der Waals surface area contributed by atoms with E-state index in [2.05, 4.69) is 35.8 Å². The van der Waals surface area contributed by atoms with Gasteiger partial charge >= 0.3 is 0 Å². The van der Waals surface area contributed by atoms with Gasteiger partial charge in [-0.05, 0) is 63.4 Å². The van der Waals surface area contributed by atoms with Gasteiger partial charge in [0, 0.05) is 6.04 Å². The molecular formula is C13H28N2S. The predicted molar refractivity (Wildman–Crippen MR) is 75.4 cm³/mol. The van der Waals surface area contributed by atoms with Gasteiger partial charge < -0.3 is 10.2 Å². The monoisotopic (exact) mass is 244 g/mol. The van der Waals surface area contributed by atoms with Crippen molar-refractivity contribution in [2.24, 2.45) is 0 Å². The lowest BCUT2D eigenvalue weighted by molar-refractivity contribution is 0.295. The lowest BCUT2D eigenvalue weighted by atomic mass is 10.1. The Hall–Kier alpha value is 0.270. The predicted octanol–water partition coefficient (Wildman–Crippen LogP) is 2.59. The molecule has 1 fully saturated rings. The van der Waals surface area contributed by atoms with Gasteiger partial charge in [0.25, 0.3) is 0 Å². The van der Waals surface area contributed by atoms with Crippen LogP contribution in [0.1, 0.15) is 39.5 Å². The van der Waals surface area contributed by atoms with Crippen LogP contribution in [-0.4, -0.2) is 48.6 Å². The second-order valence-corrected chi connectivity index (χ2v) is 5.80. The first-order valence-electron chi connectivity index (χ1n) is 6.90. The molecule has 0 radical (unpaired) electrons. The average molecular weight is 244 g/mol. The highest BCUT2D eigenvalue weighted by Gasteiger charge is 2.11. The highest BCUT2D eigenvalue weighted by Crippen LogP contribution is 2.16. The molecule has 3 heteroatoms. The summed E-state index contributed by atoms with van der Waals surface area (Å²) < 4.78 is 0. The molecule has 0 aliphatic carbocycles. The molecule has 0 aromatic rings. The third kappa shape index (κ3) is 6.12. The number of unbranched alkanes of at least 4 members (excludes halogenated alkanes) is 1. The van der Waals surface area contributed by atoms with Crippen LogP contribution in [0.5, 0.6) is 0 Å². The summed E-state index contributed by atoms with van der Waals surface area (Å²) in [4.78, 5) is 2.51. The third-order valence-corrected chi connectivity index (χ3v) is 4.50. The van der Waals surface area contributed by atoms with Crippen molar-refractivity contribution < 1.29 is 0 Å². The number of nitrogens with zero attached hydrogens (tertiary/aromatic N) is 1. The van der Waals surface area contributed by atoms with E-state index in [1.807, 2.05) is 0 Å². The standard InChI is InChI=1S/C13H28N2S/c1-3-15(4-2)10-6-5-9-14-13-7-11-16-12-8-13/h13-14H,3-12H2,1-2H3. The molecule has 1 N–H and O–H groups in total. The molecule has 0 amide bonds. The Balaban J connectivity index is 1.90. The van der Waals surface area contributed by atoms with Crippen LogP contribution in [0.25, 0.3) is 0 Å². The Morgan fingerprint density at radius 2 is 1.81 bits per heavy atom. The van der Waals surface area contributed by atoms with Gasteiger partial charge in [-0.3, -0.25) is 0 Å². The van der Waals surface area contributed by atoms with Crippen LogP contribution >= 0.6 is 11.8 Å². The van der Waals surface area contributed by atoms with E-state index in [4.69, 9.17) is 0 Å². The Bertz CT molecular complexity index is 154. The molecule has 0 bridgehead atoms. The molecule has 0 spiro atoms. The molecular weight excluding hydrogens is 216 g/mol. The SMILES string of the molecule is CCN(CC)CCCCNC1CCSCC1. The van der Waals surface area contributed by atoms with Crippen LogP contribution in [0.4, 0.5) is 0 Å². The summed E-state index contributed by atoms with van der Waals surface area (Å²) in [6, 6.07) is 0.815. The summed E-state index contributed by atoms with van der Waals surface area (Å²) in [5.41, 5.74) is 0. The van der Waals surface area contributed by atoms with Crippen molar-refractivity contribution in [3.8, 4) is 0 Å². The van der Waals surface area contributed by atoms with Crippen LogP contribution in [0.15, 0.2) is 0 Å². The number of rotatable bonds is 8. The van der Waals surface area contributed by atoms with Crippen molar-refractivity contribution in [2.45, 2.75) is 45.6 Å². The minimum absolute atomic E-state index is 0.815.